The van der Waals surface area contributed by atoms with Crippen LogP contribution in [0.25, 0.3) is 0 Å². The molecule has 1 N–H and O–H groups in total. The molecule has 0 spiro atoms. The molecule has 118 valence electrons. The Balaban J connectivity index is 1.75. The summed E-state index contributed by atoms with van der Waals surface area (Å²) in [6, 6.07) is 9.52. The fraction of sp³-hybridized carbons (Fsp3) is 0.684. The number of nitrogens with zero attached hydrogens (tertiary/aromatic N) is 1. The summed E-state index contributed by atoms with van der Waals surface area (Å²) >= 11 is 0. The highest BCUT2D eigenvalue weighted by Gasteiger charge is 2.26. The van der Waals surface area contributed by atoms with Gasteiger partial charge in [0.1, 0.15) is 0 Å². The van der Waals surface area contributed by atoms with Gasteiger partial charge in [-0.2, -0.15) is 0 Å². The van der Waals surface area contributed by atoms with Crippen LogP contribution in [0.15, 0.2) is 24.3 Å². The van der Waals surface area contributed by atoms with Gasteiger partial charge >= 0.3 is 0 Å². The molecule has 1 aliphatic carbocycles. The van der Waals surface area contributed by atoms with Crippen molar-refractivity contribution in [3.05, 3.63) is 35.4 Å². The van der Waals surface area contributed by atoms with E-state index in [1.807, 2.05) is 0 Å². The molecule has 0 amide bonds. The van der Waals surface area contributed by atoms with Gasteiger partial charge in [0, 0.05) is 12.6 Å². The molecular weight excluding hydrogens is 256 g/mol. The van der Waals surface area contributed by atoms with E-state index < -0.39 is 0 Å². The first kappa shape index (κ1) is 16.5. The second-order valence-corrected chi connectivity index (χ2v) is 6.70. The predicted molar refractivity (Wildman–Crippen MR) is 91.6 cm³/mol. The zero-order valence-corrected chi connectivity index (χ0v) is 14.1. The SMILES string of the molecule is CCCNC1CCCC1CCN(C)Cc1ccccc1C. The molecule has 2 atom stereocenters. The highest BCUT2D eigenvalue weighted by Crippen LogP contribution is 2.28. The lowest BCUT2D eigenvalue weighted by Gasteiger charge is -2.24. The Morgan fingerprint density at radius 2 is 2.05 bits per heavy atom. The molecule has 0 aliphatic heterocycles. The summed E-state index contributed by atoms with van der Waals surface area (Å²) < 4.78 is 0. The normalized spacial score (nSPS) is 22.1. The van der Waals surface area contributed by atoms with Gasteiger partial charge in [-0.25, -0.2) is 0 Å². The van der Waals surface area contributed by atoms with Crippen molar-refractivity contribution in [3.8, 4) is 0 Å². The van der Waals surface area contributed by atoms with Crippen molar-refractivity contribution in [2.24, 2.45) is 5.92 Å². The van der Waals surface area contributed by atoms with E-state index >= 15 is 0 Å². The summed E-state index contributed by atoms with van der Waals surface area (Å²) in [5.74, 6) is 0.885. The van der Waals surface area contributed by atoms with Crippen LogP contribution in [0.1, 0.15) is 50.2 Å². The highest BCUT2D eigenvalue weighted by molar-refractivity contribution is 5.25. The molecule has 1 fully saturated rings. The number of benzene rings is 1. The molecule has 0 radical (unpaired) electrons. The molecule has 2 rings (SSSR count). The van der Waals surface area contributed by atoms with E-state index in [1.165, 1.54) is 56.3 Å². The van der Waals surface area contributed by atoms with Crippen LogP contribution in [0.2, 0.25) is 0 Å². The van der Waals surface area contributed by atoms with Gasteiger partial charge in [0.2, 0.25) is 0 Å². The molecule has 2 heteroatoms. The Labute approximate surface area is 130 Å². The van der Waals surface area contributed by atoms with E-state index in [9.17, 15) is 0 Å². The molecule has 1 aliphatic rings. The van der Waals surface area contributed by atoms with Crippen LogP contribution in [0.4, 0.5) is 0 Å². The van der Waals surface area contributed by atoms with E-state index in [0.717, 1.165) is 18.5 Å². The lowest BCUT2D eigenvalue weighted by Crippen LogP contribution is -2.34. The lowest BCUT2D eigenvalue weighted by atomic mass is 9.99. The van der Waals surface area contributed by atoms with Gasteiger partial charge in [0.05, 0.1) is 0 Å². The van der Waals surface area contributed by atoms with Gasteiger partial charge in [-0.05, 0) is 69.8 Å². The van der Waals surface area contributed by atoms with Crippen molar-refractivity contribution >= 4 is 0 Å². The third-order valence-corrected chi connectivity index (χ3v) is 4.90. The number of aryl methyl sites for hydroxylation is 1. The van der Waals surface area contributed by atoms with E-state index in [1.54, 1.807) is 0 Å². The average Bonchev–Trinajstić information content (AvgIpc) is 2.93. The van der Waals surface area contributed by atoms with E-state index in [4.69, 9.17) is 0 Å². The number of hydrogen-bond donors (Lipinski definition) is 1. The summed E-state index contributed by atoms with van der Waals surface area (Å²) in [4.78, 5) is 2.48. The Bertz CT molecular complexity index is 416. The van der Waals surface area contributed by atoms with Crippen LogP contribution >= 0.6 is 0 Å². The average molecular weight is 288 g/mol. The van der Waals surface area contributed by atoms with Crippen LogP contribution in [-0.4, -0.2) is 31.1 Å². The Kier molecular flexibility index (Phi) is 6.72. The minimum absolute atomic E-state index is 0.775. The molecule has 2 unspecified atom stereocenters. The number of nitrogens with one attached hydrogen (secondary N) is 1. The minimum Gasteiger partial charge on any atom is -0.314 e. The molecular formula is C19H32N2. The van der Waals surface area contributed by atoms with E-state index in [0.29, 0.717) is 0 Å². The van der Waals surface area contributed by atoms with Crippen molar-refractivity contribution in [2.45, 2.75) is 58.5 Å². The maximum atomic E-state index is 3.75. The zero-order valence-electron chi connectivity index (χ0n) is 14.1. The van der Waals surface area contributed by atoms with Crippen LogP contribution < -0.4 is 5.32 Å². The standard InChI is InChI=1S/C19H32N2/c1-4-13-20-19-11-7-10-17(19)12-14-21(3)15-18-9-6-5-8-16(18)2/h5-6,8-9,17,19-20H,4,7,10-15H2,1-3H3. The van der Waals surface area contributed by atoms with Crippen LogP contribution in [0.5, 0.6) is 0 Å². The molecule has 0 saturated heterocycles. The topological polar surface area (TPSA) is 15.3 Å². The van der Waals surface area contributed by atoms with Crippen molar-refractivity contribution in [1.29, 1.82) is 0 Å². The van der Waals surface area contributed by atoms with Crippen molar-refractivity contribution in [2.75, 3.05) is 20.1 Å². The minimum atomic E-state index is 0.775. The van der Waals surface area contributed by atoms with Gasteiger partial charge in [-0.15, -0.1) is 0 Å². The van der Waals surface area contributed by atoms with Gasteiger partial charge < -0.3 is 10.2 Å². The molecule has 0 bridgehead atoms. The van der Waals surface area contributed by atoms with E-state index in [-0.39, 0.29) is 0 Å². The molecule has 1 saturated carbocycles. The van der Waals surface area contributed by atoms with Gasteiger partial charge in [-0.1, -0.05) is 37.6 Å². The Hall–Kier alpha value is -0.860. The molecule has 2 nitrogen and oxygen atoms in total. The quantitative estimate of drug-likeness (QED) is 0.778. The van der Waals surface area contributed by atoms with Crippen LogP contribution in [0.3, 0.4) is 0 Å². The van der Waals surface area contributed by atoms with Crippen LogP contribution in [-0.2, 0) is 6.54 Å². The Morgan fingerprint density at radius 1 is 1.24 bits per heavy atom. The van der Waals surface area contributed by atoms with Gasteiger partial charge in [0.25, 0.3) is 0 Å². The number of hydrogen-bond acceptors (Lipinski definition) is 2. The highest BCUT2D eigenvalue weighted by atomic mass is 15.1. The number of rotatable bonds is 8. The van der Waals surface area contributed by atoms with Crippen LogP contribution in [0, 0.1) is 12.8 Å². The molecule has 0 aromatic heterocycles. The maximum absolute atomic E-state index is 3.75. The third kappa shape index (κ3) is 5.12. The zero-order chi connectivity index (χ0) is 15.1. The summed E-state index contributed by atoms with van der Waals surface area (Å²) in [5.41, 5.74) is 2.87. The second-order valence-electron chi connectivity index (χ2n) is 6.70. The Morgan fingerprint density at radius 3 is 2.81 bits per heavy atom. The summed E-state index contributed by atoms with van der Waals surface area (Å²) in [6.45, 7) is 7.94. The van der Waals surface area contributed by atoms with Crippen molar-refractivity contribution < 1.29 is 0 Å². The molecule has 21 heavy (non-hydrogen) atoms. The third-order valence-electron chi connectivity index (χ3n) is 4.90. The summed E-state index contributed by atoms with van der Waals surface area (Å²) in [6.07, 6.45) is 6.79. The monoisotopic (exact) mass is 288 g/mol. The first-order valence-electron chi connectivity index (χ1n) is 8.67. The smallest absolute Gasteiger partial charge is 0.0233 e. The lowest BCUT2D eigenvalue weighted by molar-refractivity contribution is 0.274. The fourth-order valence-corrected chi connectivity index (χ4v) is 3.52. The van der Waals surface area contributed by atoms with Crippen molar-refractivity contribution in [3.63, 3.8) is 0 Å². The first-order valence-corrected chi connectivity index (χ1v) is 8.67. The van der Waals surface area contributed by atoms with Gasteiger partial charge in [0.15, 0.2) is 0 Å². The maximum Gasteiger partial charge on any atom is 0.0233 e. The molecule has 1 aromatic rings. The van der Waals surface area contributed by atoms with Crippen molar-refractivity contribution in [1.82, 2.24) is 10.2 Å². The fourth-order valence-electron chi connectivity index (χ4n) is 3.52. The summed E-state index contributed by atoms with van der Waals surface area (Å²) in [7, 11) is 2.26. The second kappa shape index (κ2) is 8.55. The molecule has 1 aromatic carbocycles. The van der Waals surface area contributed by atoms with Gasteiger partial charge in [-0.3, -0.25) is 0 Å². The first-order chi connectivity index (χ1) is 10.2. The largest absolute Gasteiger partial charge is 0.314 e. The van der Waals surface area contributed by atoms with E-state index in [2.05, 4.69) is 55.4 Å². The predicted octanol–water partition coefficient (Wildman–Crippen LogP) is 3.99. The summed E-state index contributed by atoms with van der Waals surface area (Å²) in [5, 5.41) is 3.75. The molecule has 0 heterocycles.